The number of carbonyl (C=O) groups excluding carboxylic acids is 2. The lowest BCUT2D eigenvalue weighted by Gasteiger charge is -2.20. The molecular formula is C11H13BrN2O2S. The number of rotatable bonds is 2. The maximum atomic E-state index is 12.1. The van der Waals surface area contributed by atoms with Gasteiger partial charge < -0.3 is 10.6 Å². The monoisotopic (exact) mass is 316 g/mol. The van der Waals surface area contributed by atoms with E-state index in [1.54, 1.807) is 11.0 Å². The molecule has 0 saturated carbocycles. The van der Waals surface area contributed by atoms with Crippen molar-refractivity contribution in [3.8, 4) is 0 Å². The number of amides is 2. The van der Waals surface area contributed by atoms with E-state index in [2.05, 4.69) is 15.9 Å². The van der Waals surface area contributed by atoms with Gasteiger partial charge in [0.25, 0.3) is 5.91 Å². The van der Waals surface area contributed by atoms with Crippen molar-refractivity contribution in [2.75, 3.05) is 13.1 Å². The molecule has 1 aliphatic rings. The molecule has 1 atom stereocenters. The number of likely N-dealkylation sites (tertiary alicyclic amines) is 1. The summed E-state index contributed by atoms with van der Waals surface area (Å²) in [6.07, 6.45) is 0.638. The molecule has 17 heavy (non-hydrogen) atoms. The summed E-state index contributed by atoms with van der Waals surface area (Å²) in [4.78, 5) is 25.1. The molecule has 6 heteroatoms. The number of nitrogens with two attached hydrogens (primary N) is 1. The van der Waals surface area contributed by atoms with Crippen LogP contribution in [0.3, 0.4) is 0 Å². The van der Waals surface area contributed by atoms with E-state index in [0.29, 0.717) is 25.1 Å². The van der Waals surface area contributed by atoms with E-state index in [1.807, 2.05) is 12.3 Å². The zero-order valence-corrected chi connectivity index (χ0v) is 11.8. The summed E-state index contributed by atoms with van der Waals surface area (Å²) in [7, 11) is 0. The van der Waals surface area contributed by atoms with Gasteiger partial charge in [0.15, 0.2) is 0 Å². The first-order chi connectivity index (χ1) is 7.92. The molecule has 1 aromatic rings. The van der Waals surface area contributed by atoms with Crippen LogP contribution in [0.1, 0.15) is 23.7 Å². The van der Waals surface area contributed by atoms with Crippen molar-refractivity contribution >= 4 is 39.1 Å². The van der Waals surface area contributed by atoms with E-state index in [4.69, 9.17) is 5.73 Å². The molecule has 1 saturated heterocycles. The molecule has 0 aromatic carbocycles. The molecule has 4 nitrogen and oxygen atoms in total. The Kier molecular flexibility index (Phi) is 3.27. The molecule has 0 spiro atoms. The average Bonchev–Trinajstić information content (AvgIpc) is 2.85. The Hall–Kier alpha value is -0.880. The van der Waals surface area contributed by atoms with Crippen molar-refractivity contribution in [2.45, 2.75) is 13.3 Å². The van der Waals surface area contributed by atoms with Crippen LogP contribution in [-0.4, -0.2) is 29.8 Å². The number of hydrogen-bond donors (Lipinski definition) is 1. The molecule has 0 radical (unpaired) electrons. The molecule has 1 unspecified atom stereocenters. The van der Waals surface area contributed by atoms with Crippen molar-refractivity contribution in [3.63, 3.8) is 0 Å². The van der Waals surface area contributed by atoms with E-state index < -0.39 is 5.41 Å². The summed E-state index contributed by atoms with van der Waals surface area (Å²) < 4.78 is 0.928. The van der Waals surface area contributed by atoms with Gasteiger partial charge in [0.05, 0.1) is 14.8 Å². The lowest BCUT2D eigenvalue weighted by Crippen LogP contribution is -2.38. The van der Waals surface area contributed by atoms with Gasteiger partial charge in [-0.3, -0.25) is 9.59 Å². The Morgan fingerprint density at radius 3 is 2.76 bits per heavy atom. The lowest BCUT2D eigenvalue weighted by atomic mass is 9.89. The Morgan fingerprint density at radius 2 is 2.29 bits per heavy atom. The third-order valence-electron chi connectivity index (χ3n) is 3.17. The standard InChI is InChI=1S/C11H13BrN2O2S/c1-11(10(13)16)2-3-14(6-11)9(15)7-4-8(12)17-5-7/h4-5H,2-3,6H2,1H3,(H2,13,16). The minimum absolute atomic E-state index is 0.0306. The van der Waals surface area contributed by atoms with E-state index >= 15 is 0 Å². The highest BCUT2D eigenvalue weighted by molar-refractivity contribution is 9.11. The van der Waals surface area contributed by atoms with Crippen LogP contribution in [0.4, 0.5) is 0 Å². The fourth-order valence-electron chi connectivity index (χ4n) is 1.94. The van der Waals surface area contributed by atoms with E-state index in [1.165, 1.54) is 11.3 Å². The summed E-state index contributed by atoms with van der Waals surface area (Å²) in [5.74, 6) is -0.365. The molecule has 1 aliphatic heterocycles. The fourth-order valence-corrected chi connectivity index (χ4v) is 3.07. The molecular weight excluding hydrogens is 304 g/mol. The molecule has 2 N–H and O–H groups in total. The molecule has 2 rings (SSSR count). The third-order valence-corrected chi connectivity index (χ3v) is 4.67. The third kappa shape index (κ3) is 2.37. The van der Waals surface area contributed by atoms with Crippen molar-refractivity contribution in [1.29, 1.82) is 0 Å². The number of carbonyl (C=O) groups is 2. The van der Waals surface area contributed by atoms with Crippen molar-refractivity contribution < 1.29 is 9.59 Å². The Morgan fingerprint density at radius 1 is 1.59 bits per heavy atom. The highest BCUT2D eigenvalue weighted by Gasteiger charge is 2.40. The first-order valence-electron chi connectivity index (χ1n) is 5.25. The van der Waals surface area contributed by atoms with Gasteiger partial charge in [-0.2, -0.15) is 0 Å². The molecule has 0 bridgehead atoms. The number of primary amides is 1. The summed E-state index contributed by atoms with van der Waals surface area (Å²) >= 11 is 4.80. The normalized spacial score (nSPS) is 24.0. The van der Waals surface area contributed by atoms with Gasteiger partial charge in [0, 0.05) is 18.5 Å². The van der Waals surface area contributed by atoms with E-state index in [9.17, 15) is 9.59 Å². The molecule has 2 heterocycles. The van der Waals surface area contributed by atoms with E-state index in [-0.39, 0.29) is 11.8 Å². The highest BCUT2D eigenvalue weighted by Crippen LogP contribution is 2.31. The predicted octanol–water partition coefficient (Wildman–Crippen LogP) is 1.85. The van der Waals surface area contributed by atoms with Gasteiger partial charge in [-0.1, -0.05) is 0 Å². The fraction of sp³-hybridized carbons (Fsp3) is 0.455. The van der Waals surface area contributed by atoms with Crippen molar-refractivity contribution in [2.24, 2.45) is 11.1 Å². The largest absolute Gasteiger partial charge is 0.369 e. The van der Waals surface area contributed by atoms with Crippen molar-refractivity contribution in [3.05, 3.63) is 20.8 Å². The minimum atomic E-state index is -0.580. The quantitative estimate of drug-likeness (QED) is 0.905. The second kappa shape index (κ2) is 4.42. The van der Waals surface area contributed by atoms with Crippen LogP contribution in [0, 0.1) is 5.41 Å². The number of nitrogens with zero attached hydrogens (tertiary/aromatic N) is 1. The second-order valence-corrected chi connectivity index (χ2v) is 6.83. The molecule has 1 fully saturated rings. The first kappa shape index (κ1) is 12.6. The molecule has 92 valence electrons. The van der Waals surface area contributed by atoms with Crippen LogP contribution in [0.25, 0.3) is 0 Å². The van der Waals surface area contributed by atoms with Crippen molar-refractivity contribution in [1.82, 2.24) is 4.90 Å². The zero-order chi connectivity index (χ0) is 12.6. The van der Waals surface area contributed by atoms with Gasteiger partial charge >= 0.3 is 0 Å². The Balaban J connectivity index is 2.11. The lowest BCUT2D eigenvalue weighted by molar-refractivity contribution is -0.126. The molecule has 2 amide bonds. The van der Waals surface area contributed by atoms with Crippen LogP contribution < -0.4 is 5.73 Å². The number of thiophene rings is 1. The van der Waals surface area contributed by atoms with Gasteiger partial charge in [-0.05, 0) is 35.3 Å². The highest BCUT2D eigenvalue weighted by atomic mass is 79.9. The van der Waals surface area contributed by atoms with Crippen LogP contribution in [0.5, 0.6) is 0 Å². The topological polar surface area (TPSA) is 63.4 Å². The molecule has 1 aromatic heterocycles. The van der Waals surface area contributed by atoms with Gasteiger partial charge in [-0.25, -0.2) is 0 Å². The maximum Gasteiger partial charge on any atom is 0.254 e. The van der Waals surface area contributed by atoms with Gasteiger partial charge in [0.1, 0.15) is 0 Å². The molecule has 0 aliphatic carbocycles. The van der Waals surface area contributed by atoms with Gasteiger partial charge in [0.2, 0.25) is 5.91 Å². The summed E-state index contributed by atoms with van der Waals surface area (Å²) in [6, 6.07) is 1.80. The van der Waals surface area contributed by atoms with Crippen LogP contribution in [-0.2, 0) is 4.79 Å². The van der Waals surface area contributed by atoms with E-state index in [0.717, 1.165) is 3.79 Å². The maximum absolute atomic E-state index is 12.1. The first-order valence-corrected chi connectivity index (χ1v) is 6.93. The van der Waals surface area contributed by atoms with Crippen LogP contribution in [0.15, 0.2) is 15.2 Å². The number of halogens is 1. The second-order valence-electron chi connectivity index (χ2n) is 4.54. The average molecular weight is 317 g/mol. The summed E-state index contributed by atoms with van der Waals surface area (Å²) in [5.41, 5.74) is 5.44. The van der Waals surface area contributed by atoms with Gasteiger partial charge in [-0.15, -0.1) is 11.3 Å². The summed E-state index contributed by atoms with van der Waals surface area (Å²) in [6.45, 7) is 2.81. The minimum Gasteiger partial charge on any atom is -0.369 e. The smallest absolute Gasteiger partial charge is 0.254 e. The number of hydrogen-bond acceptors (Lipinski definition) is 3. The zero-order valence-electron chi connectivity index (χ0n) is 9.40. The van der Waals surface area contributed by atoms with Crippen LogP contribution >= 0.6 is 27.3 Å². The Bertz CT molecular complexity index is 474. The predicted molar refractivity (Wildman–Crippen MR) is 69.8 cm³/mol. The SMILES string of the molecule is CC1(C(N)=O)CCN(C(=O)c2csc(Br)c2)C1. The van der Waals surface area contributed by atoms with Crippen LogP contribution in [0.2, 0.25) is 0 Å². The Labute approximate surface area is 112 Å². The summed E-state index contributed by atoms with van der Waals surface area (Å²) in [5, 5.41) is 1.81.